The molecule has 1 N–H and O–H groups in total. The van der Waals surface area contributed by atoms with E-state index in [2.05, 4.69) is 16.4 Å². The van der Waals surface area contributed by atoms with E-state index in [0.717, 1.165) is 18.5 Å². The Bertz CT molecular complexity index is 537. The maximum atomic E-state index is 6.24. The highest BCUT2D eigenvalue weighted by Gasteiger charge is 2.15. The molecule has 0 radical (unpaired) electrons. The molecule has 0 atom stereocenters. The van der Waals surface area contributed by atoms with Gasteiger partial charge in [0.25, 0.3) is 0 Å². The van der Waals surface area contributed by atoms with Gasteiger partial charge in [0.15, 0.2) is 0 Å². The summed E-state index contributed by atoms with van der Waals surface area (Å²) in [5.74, 6) is 0. The third-order valence-electron chi connectivity index (χ3n) is 3.10. The number of nitrogens with zero attached hydrogens (tertiary/aromatic N) is 1. The number of halogens is 1. The quantitative estimate of drug-likeness (QED) is 0.702. The molecule has 0 saturated heterocycles. The average Bonchev–Trinajstić information content (AvgIpc) is 2.55. The number of benzene rings is 1. The van der Waals surface area contributed by atoms with Gasteiger partial charge in [-0.2, -0.15) is 0 Å². The molecule has 0 aliphatic carbocycles. The van der Waals surface area contributed by atoms with Crippen LogP contribution in [0.2, 0.25) is 5.15 Å². The van der Waals surface area contributed by atoms with Crippen molar-refractivity contribution in [3.63, 3.8) is 0 Å². The lowest BCUT2D eigenvalue weighted by Gasteiger charge is -2.12. The highest BCUT2D eigenvalue weighted by molar-refractivity contribution is 6.31. The molecule has 0 bridgehead atoms. The van der Waals surface area contributed by atoms with Crippen LogP contribution in [-0.4, -0.2) is 11.5 Å². The van der Waals surface area contributed by atoms with Gasteiger partial charge in [-0.05, 0) is 25.3 Å². The summed E-state index contributed by atoms with van der Waals surface area (Å²) in [4.78, 5) is 4.46. The Morgan fingerprint density at radius 2 is 2.06 bits per heavy atom. The number of fused-ring (bicyclic) bond motifs is 3. The summed E-state index contributed by atoms with van der Waals surface area (Å²) >= 11 is 6.24. The van der Waals surface area contributed by atoms with Crippen LogP contribution < -0.4 is 5.32 Å². The van der Waals surface area contributed by atoms with Crippen LogP contribution in [0, 0.1) is 0 Å². The fourth-order valence-corrected chi connectivity index (χ4v) is 2.57. The van der Waals surface area contributed by atoms with Crippen molar-refractivity contribution in [1.82, 2.24) is 4.98 Å². The fourth-order valence-electron chi connectivity index (χ4n) is 2.29. The first-order valence-electron chi connectivity index (χ1n) is 5.67. The van der Waals surface area contributed by atoms with Crippen LogP contribution in [0.5, 0.6) is 0 Å². The normalized spacial score (nSPS) is 15.3. The molecule has 1 aliphatic rings. The summed E-state index contributed by atoms with van der Waals surface area (Å²) < 4.78 is 0. The summed E-state index contributed by atoms with van der Waals surface area (Å²) in [5, 5.41) is 5.32. The lowest BCUT2D eigenvalue weighted by Crippen LogP contribution is -2.01. The van der Waals surface area contributed by atoms with Crippen LogP contribution in [0.3, 0.4) is 0 Å². The summed E-state index contributed by atoms with van der Waals surface area (Å²) in [7, 11) is 0. The number of nitrogens with one attached hydrogen (secondary N) is 1. The van der Waals surface area contributed by atoms with Crippen LogP contribution >= 0.6 is 11.6 Å². The molecule has 3 heteroatoms. The van der Waals surface area contributed by atoms with E-state index in [-0.39, 0.29) is 0 Å². The van der Waals surface area contributed by atoms with E-state index in [1.165, 1.54) is 29.5 Å². The van der Waals surface area contributed by atoms with Gasteiger partial charge in [-0.3, -0.25) is 0 Å². The van der Waals surface area contributed by atoms with Crippen molar-refractivity contribution in [2.75, 3.05) is 11.9 Å². The van der Waals surface area contributed by atoms with Crippen LogP contribution in [0.1, 0.15) is 18.4 Å². The molecule has 0 fully saturated rings. The molecule has 0 amide bonds. The number of rotatable bonds is 0. The van der Waals surface area contributed by atoms with E-state index in [1.54, 1.807) is 0 Å². The van der Waals surface area contributed by atoms with Gasteiger partial charge in [-0.15, -0.1) is 0 Å². The zero-order chi connectivity index (χ0) is 11.0. The lowest BCUT2D eigenvalue weighted by atomic mass is 10.1. The zero-order valence-electron chi connectivity index (χ0n) is 8.96. The third kappa shape index (κ3) is 1.54. The zero-order valence-corrected chi connectivity index (χ0v) is 9.72. The van der Waals surface area contributed by atoms with Crippen molar-refractivity contribution in [2.24, 2.45) is 0 Å². The van der Waals surface area contributed by atoms with Crippen molar-refractivity contribution in [2.45, 2.75) is 19.3 Å². The van der Waals surface area contributed by atoms with E-state index < -0.39 is 0 Å². The van der Waals surface area contributed by atoms with Gasteiger partial charge in [0.1, 0.15) is 5.15 Å². The smallest absolute Gasteiger partial charge is 0.135 e. The van der Waals surface area contributed by atoms with E-state index in [1.807, 2.05) is 18.2 Å². The molecule has 1 aliphatic heterocycles. The monoisotopic (exact) mass is 232 g/mol. The minimum absolute atomic E-state index is 0.656. The highest BCUT2D eigenvalue weighted by atomic mass is 35.5. The number of para-hydroxylation sites is 1. The second-order valence-corrected chi connectivity index (χ2v) is 4.52. The van der Waals surface area contributed by atoms with Crippen molar-refractivity contribution in [1.29, 1.82) is 0 Å². The summed E-state index contributed by atoms with van der Waals surface area (Å²) in [5.41, 5.74) is 3.34. The van der Waals surface area contributed by atoms with E-state index in [4.69, 9.17) is 11.6 Å². The second kappa shape index (κ2) is 3.95. The van der Waals surface area contributed by atoms with Crippen molar-refractivity contribution in [3.05, 3.63) is 35.0 Å². The number of aromatic nitrogens is 1. The Hall–Kier alpha value is -1.28. The average molecular weight is 233 g/mol. The molecular formula is C13H13ClN2. The molecule has 3 rings (SSSR count). The van der Waals surface area contributed by atoms with Crippen LogP contribution in [-0.2, 0) is 6.42 Å². The summed E-state index contributed by atoms with van der Waals surface area (Å²) in [6.07, 6.45) is 3.40. The number of pyridine rings is 1. The largest absolute Gasteiger partial charge is 0.384 e. The lowest BCUT2D eigenvalue weighted by molar-refractivity contribution is 0.784. The van der Waals surface area contributed by atoms with Crippen molar-refractivity contribution in [3.8, 4) is 0 Å². The van der Waals surface area contributed by atoms with E-state index in [0.29, 0.717) is 5.15 Å². The molecule has 82 valence electrons. The first kappa shape index (κ1) is 9.91. The molecule has 1 aromatic heterocycles. The SMILES string of the molecule is Clc1nc2ccccc2c2c1CCCCN2. The Kier molecular flexibility index (Phi) is 2.44. The van der Waals surface area contributed by atoms with Crippen LogP contribution in [0.15, 0.2) is 24.3 Å². The fraction of sp³-hybridized carbons (Fsp3) is 0.308. The summed E-state index contributed by atoms with van der Waals surface area (Å²) in [6.45, 7) is 1.03. The van der Waals surface area contributed by atoms with Crippen molar-refractivity contribution < 1.29 is 0 Å². The Labute approximate surface area is 99.6 Å². The Balaban J connectivity index is 2.33. The predicted octanol–water partition coefficient (Wildman–Crippen LogP) is 3.64. The third-order valence-corrected chi connectivity index (χ3v) is 3.41. The molecule has 16 heavy (non-hydrogen) atoms. The van der Waals surface area contributed by atoms with Gasteiger partial charge < -0.3 is 5.32 Å². The topological polar surface area (TPSA) is 24.9 Å². The van der Waals surface area contributed by atoms with E-state index >= 15 is 0 Å². The molecule has 2 nitrogen and oxygen atoms in total. The number of anilines is 1. The first-order valence-corrected chi connectivity index (χ1v) is 6.05. The van der Waals surface area contributed by atoms with Crippen LogP contribution in [0.4, 0.5) is 5.69 Å². The van der Waals surface area contributed by atoms with Crippen LogP contribution in [0.25, 0.3) is 10.9 Å². The second-order valence-electron chi connectivity index (χ2n) is 4.16. The minimum Gasteiger partial charge on any atom is -0.384 e. The van der Waals surface area contributed by atoms with Gasteiger partial charge >= 0.3 is 0 Å². The first-order chi connectivity index (χ1) is 7.86. The minimum atomic E-state index is 0.656. The Morgan fingerprint density at radius 3 is 3.00 bits per heavy atom. The molecule has 0 saturated carbocycles. The van der Waals surface area contributed by atoms with Gasteiger partial charge in [-0.25, -0.2) is 4.98 Å². The molecule has 1 aromatic carbocycles. The van der Waals surface area contributed by atoms with Gasteiger partial charge in [0.05, 0.1) is 5.52 Å². The molecule has 2 aromatic rings. The standard InChI is InChI=1S/C13H13ClN2/c14-13-10-6-3-4-8-15-12(10)9-5-1-2-7-11(9)16-13/h1-2,5,7,15H,3-4,6,8H2. The number of hydrogen-bond donors (Lipinski definition) is 1. The van der Waals surface area contributed by atoms with Gasteiger partial charge in [-0.1, -0.05) is 29.8 Å². The molecular weight excluding hydrogens is 220 g/mol. The molecule has 0 unspecified atom stereocenters. The maximum absolute atomic E-state index is 6.24. The summed E-state index contributed by atoms with van der Waals surface area (Å²) in [6, 6.07) is 8.16. The van der Waals surface area contributed by atoms with Crippen molar-refractivity contribution >= 4 is 28.2 Å². The van der Waals surface area contributed by atoms with Gasteiger partial charge in [0, 0.05) is 23.2 Å². The number of hydrogen-bond acceptors (Lipinski definition) is 2. The van der Waals surface area contributed by atoms with Gasteiger partial charge in [0.2, 0.25) is 0 Å². The highest BCUT2D eigenvalue weighted by Crippen LogP contribution is 2.33. The maximum Gasteiger partial charge on any atom is 0.135 e. The predicted molar refractivity (Wildman–Crippen MR) is 68.2 cm³/mol. The molecule has 0 spiro atoms. The Morgan fingerprint density at radius 1 is 1.19 bits per heavy atom. The van der Waals surface area contributed by atoms with E-state index in [9.17, 15) is 0 Å². The molecule has 2 heterocycles.